The Morgan fingerprint density at radius 3 is 1.83 bits per heavy atom. The molecule has 298 valence electrons. The minimum absolute atomic E-state index is 0.667. The van der Waals surface area contributed by atoms with Crippen LogP contribution in [0, 0.1) is 0 Å². The predicted octanol–water partition coefficient (Wildman–Crippen LogP) is 16.2. The van der Waals surface area contributed by atoms with Gasteiger partial charge in [-0.3, -0.25) is 0 Å². The normalized spacial score (nSPS) is 14.8. The first kappa shape index (κ1) is 35.2. The summed E-state index contributed by atoms with van der Waals surface area (Å²) in [5, 5.41) is 9.76. The van der Waals surface area contributed by atoms with E-state index in [2.05, 4.69) is 240 Å². The van der Waals surface area contributed by atoms with E-state index in [1.54, 1.807) is 0 Å². The topological polar surface area (TPSA) is 17.4 Å². The van der Waals surface area contributed by atoms with Crippen molar-refractivity contribution < 1.29 is 4.74 Å². The lowest BCUT2D eigenvalue weighted by molar-refractivity contribution is 0.435. The first-order chi connectivity index (χ1) is 31.8. The molecule has 3 nitrogen and oxygen atoms in total. The van der Waals surface area contributed by atoms with Gasteiger partial charge in [0.05, 0.1) is 27.8 Å². The van der Waals surface area contributed by atoms with Gasteiger partial charge >= 0.3 is 0 Å². The summed E-state index contributed by atoms with van der Waals surface area (Å²) < 4.78 is 9.45. The van der Waals surface area contributed by atoms with Crippen LogP contribution in [0.3, 0.4) is 0 Å². The van der Waals surface area contributed by atoms with E-state index < -0.39 is 5.41 Å². The van der Waals surface area contributed by atoms with Crippen LogP contribution in [0.2, 0.25) is 0 Å². The maximum absolute atomic E-state index is 6.99. The van der Waals surface area contributed by atoms with E-state index >= 15 is 0 Å². The van der Waals surface area contributed by atoms with Gasteiger partial charge in [-0.25, -0.2) is 0 Å². The summed E-state index contributed by atoms with van der Waals surface area (Å²) in [6, 6.07) is 84.7. The molecular weight excluding hydrogens is 777 g/mol. The smallest absolute Gasteiger partial charge is 0.132 e. The summed E-state index contributed by atoms with van der Waals surface area (Å²) in [4.78, 5) is 2.46. The van der Waals surface area contributed by atoms with Gasteiger partial charge in [0.1, 0.15) is 11.5 Å². The number of para-hydroxylation sites is 2. The SMILES string of the molecule is c1ccc2c(c1)Oc1ccc(N(c3ccc4c5ccccc5n(-c5cccc6ccccc56)c4c3)c3cccc4ccccc34)cc1C21c2ccccc2-c2cccc3cccc1c23. The van der Waals surface area contributed by atoms with Gasteiger partial charge in [-0.15, -0.1) is 0 Å². The van der Waals surface area contributed by atoms with Crippen LogP contribution in [-0.4, -0.2) is 4.57 Å². The van der Waals surface area contributed by atoms with Crippen molar-refractivity contribution in [3.05, 3.63) is 253 Å². The molecule has 1 aromatic heterocycles. The molecule has 12 aromatic rings. The van der Waals surface area contributed by atoms with E-state index in [9.17, 15) is 0 Å². The van der Waals surface area contributed by atoms with E-state index in [0.717, 1.165) is 50.9 Å². The zero-order valence-electron chi connectivity index (χ0n) is 34.7. The van der Waals surface area contributed by atoms with Gasteiger partial charge in [0.25, 0.3) is 0 Å². The monoisotopic (exact) mass is 814 g/mol. The molecule has 0 bridgehead atoms. The summed E-state index contributed by atoms with van der Waals surface area (Å²) in [5.74, 6) is 1.74. The van der Waals surface area contributed by atoms with Crippen LogP contribution in [0.5, 0.6) is 11.5 Å². The highest BCUT2D eigenvalue weighted by atomic mass is 16.5. The highest BCUT2D eigenvalue weighted by Crippen LogP contribution is 2.62. The minimum Gasteiger partial charge on any atom is -0.457 e. The Balaban J connectivity index is 1.08. The molecule has 0 amide bonds. The van der Waals surface area contributed by atoms with Gasteiger partial charge in [0.2, 0.25) is 0 Å². The van der Waals surface area contributed by atoms with Crippen molar-refractivity contribution in [1.82, 2.24) is 4.57 Å². The molecule has 14 rings (SSSR count). The molecule has 11 aromatic carbocycles. The van der Waals surface area contributed by atoms with Crippen LogP contribution < -0.4 is 9.64 Å². The predicted molar refractivity (Wildman–Crippen MR) is 265 cm³/mol. The molecule has 1 spiro atoms. The minimum atomic E-state index is -0.667. The maximum Gasteiger partial charge on any atom is 0.132 e. The fourth-order valence-electron chi connectivity index (χ4n) is 11.4. The first-order valence-corrected chi connectivity index (χ1v) is 22.1. The quantitative estimate of drug-likeness (QED) is 0.176. The van der Waals surface area contributed by atoms with Crippen LogP contribution in [0.4, 0.5) is 17.1 Å². The van der Waals surface area contributed by atoms with Crippen molar-refractivity contribution >= 4 is 71.2 Å². The lowest BCUT2D eigenvalue weighted by Gasteiger charge is -2.45. The van der Waals surface area contributed by atoms with E-state index in [4.69, 9.17) is 4.74 Å². The van der Waals surface area contributed by atoms with Crippen LogP contribution in [0.1, 0.15) is 22.3 Å². The van der Waals surface area contributed by atoms with Crippen molar-refractivity contribution in [2.45, 2.75) is 5.41 Å². The van der Waals surface area contributed by atoms with E-state index in [1.807, 2.05) is 0 Å². The van der Waals surface area contributed by atoms with Crippen LogP contribution >= 0.6 is 0 Å². The summed E-state index contributed by atoms with van der Waals surface area (Å²) >= 11 is 0. The van der Waals surface area contributed by atoms with Gasteiger partial charge in [-0.05, 0) is 98.4 Å². The molecule has 64 heavy (non-hydrogen) atoms. The number of nitrogens with zero attached hydrogens (tertiary/aromatic N) is 2. The second-order valence-electron chi connectivity index (χ2n) is 17.2. The van der Waals surface area contributed by atoms with Crippen molar-refractivity contribution in [3.8, 4) is 28.3 Å². The highest BCUT2D eigenvalue weighted by Gasteiger charge is 2.49. The average Bonchev–Trinajstić information content (AvgIpc) is 3.68. The zero-order chi connectivity index (χ0) is 41.9. The lowest BCUT2D eigenvalue weighted by atomic mass is 9.58. The van der Waals surface area contributed by atoms with E-state index in [1.165, 1.54) is 70.9 Å². The van der Waals surface area contributed by atoms with Gasteiger partial charge in [0.15, 0.2) is 0 Å². The molecule has 0 fully saturated rings. The summed E-state index contributed by atoms with van der Waals surface area (Å²) in [7, 11) is 0. The number of hydrogen-bond acceptors (Lipinski definition) is 2. The number of rotatable bonds is 4. The van der Waals surface area contributed by atoms with Crippen LogP contribution in [0.25, 0.3) is 70.9 Å². The summed E-state index contributed by atoms with van der Waals surface area (Å²) in [6.07, 6.45) is 0. The third-order valence-electron chi connectivity index (χ3n) is 14.0. The molecule has 2 aliphatic rings. The fraction of sp³-hybridized carbons (Fsp3) is 0.0164. The van der Waals surface area contributed by atoms with Crippen molar-refractivity contribution in [2.24, 2.45) is 0 Å². The summed E-state index contributed by atoms with van der Waals surface area (Å²) in [5.41, 5.74) is 13.4. The number of ether oxygens (including phenoxy) is 1. The third-order valence-corrected chi connectivity index (χ3v) is 14.0. The second kappa shape index (κ2) is 13.3. The second-order valence-corrected chi connectivity index (χ2v) is 17.2. The zero-order valence-corrected chi connectivity index (χ0v) is 34.7. The molecule has 1 aliphatic heterocycles. The Kier molecular flexibility index (Phi) is 7.32. The van der Waals surface area contributed by atoms with Crippen molar-refractivity contribution in [1.29, 1.82) is 0 Å². The van der Waals surface area contributed by atoms with Crippen molar-refractivity contribution in [2.75, 3.05) is 4.90 Å². The molecule has 1 unspecified atom stereocenters. The molecule has 2 heterocycles. The largest absolute Gasteiger partial charge is 0.457 e. The Bertz CT molecular complexity index is 3900. The standard InChI is InChI=1S/C61H38N2O/c1-3-21-44-39(15-1)17-13-30-54(44)62(43-33-35-48-47-24-6-9-29-56(47)63(57(48)38-43)55-31-14-18-40-16-2-4-22-45(40)55)42-34-36-59-53(37-42)61(51-27-8-10-32-58(51)64-59)50-26-7-5-23-46(50)49-25-11-19-41-20-12-28-52(61)60(41)49/h1-38H. The maximum atomic E-state index is 6.99. The van der Waals surface area contributed by atoms with E-state index in [0.29, 0.717) is 0 Å². The molecule has 0 saturated carbocycles. The van der Waals surface area contributed by atoms with E-state index in [-0.39, 0.29) is 0 Å². The molecule has 1 atom stereocenters. The fourth-order valence-corrected chi connectivity index (χ4v) is 11.4. The Labute approximate surface area is 370 Å². The average molecular weight is 815 g/mol. The van der Waals surface area contributed by atoms with Gasteiger partial charge < -0.3 is 14.2 Å². The van der Waals surface area contributed by atoms with Gasteiger partial charge in [-0.1, -0.05) is 176 Å². The number of anilines is 3. The molecule has 0 saturated heterocycles. The number of fused-ring (bicyclic) bond motifs is 13. The van der Waals surface area contributed by atoms with Crippen LogP contribution in [-0.2, 0) is 5.41 Å². The first-order valence-electron chi connectivity index (χ1n) is 22.1. The Morgan fingerprint density at radius 1 is 0.359 bits per heavy atom. The number of benzene rings is 11. The molecular formula is C61H38N2O. The van der Waals surface area contributed by atoms with Gasteiger partial charge in [0, 0.05) is 44.0 Å². The molecule has 3 heteroatoms. The molecule has 1 aliphatic carbocycles. The Hall–Kier alpha value is -8.40. The van der Waals surface area contributed by atoms with Crippen molar-refractivity contribution in [3.63, 3.8) is 0 Å². The van der Waals surface area contributed by atoms with Crippen LogP contribution in [0.15, 0.2) is 231 Å². The summed E-state index contributed by atoms with van der Waals surface area (Å²) in [6.45, 7) is 0. The number of aromatic nitrogens is 1. The number of hydrogen-bond donors (Lipinski definition) is 0. The highest BCUT2D eigenvalue weighted by molar-refractivity contribution is 6.12. The lowest BCUT2D eigenvalue weighted by Crippen LogP contribution is -2.36. The molecule has 0 N–H and O–H groups in total. The Morgan fingerprint density at radius 2 is 0.938 bits per heavy atom. The van der Waals surface area contributed by atoms with Gasteiger partial charge in [-0.2, -0.15) is 0 Å². The third kappa shape index (κ3) is 4.76. The molecule has 0 radical (unpaired) electrons.